The summed E-state index contributed by atoms with van der Waals surface area (Å²) in [4.78, 5) is 4.02. The van der Waals surface area contributed by atoms with Gasteiger partial charge in [-0.15, -0.1) is 0 Å². The molecule has 0 spiro atoms. The molecule has 1 aromatic carbocycles. The van der Waals surface area contributed by atoms with E-state index in [9.17, 15) is 0 Å². The normalized spacial score (nSPS) is 12.8. The van der Waals surface area contributed by atoms with E-state index < -0.39 is 0 Å². The summed E-state index contributed by atoms with van der Waals surface area (Å²) < 4.78 is 7.66. The van der Waals surface area contributed by atoms with Crippen LogP contribution in [0, 0.1) is 0 Å². The summed E-state index contributed by atoms with van der Waals surface area (Å²) >= 11 is 12.1. The van der Waals surface area contributed by atoms with E-state index in [2.05, 4.69) is 4.98 Å². The molecule has 1 unspecified atom stereocenters. The fourth-order valence-corrected chi connectivity index (χ4v) is 2.27. The van der Waals surface area contributed by atoms with Crippen molar-refractivity contribution in [2.75, 3.05) is 0 Å². The van der Waals surface area contributed by atoms with E-state index in [1.165, 1.54) is 0 Å². The van der Waals surface area contributed by atoms with Gasteiger partial charge in [-0.05, 0) is 19.1 Å². The zero-order valence-electron chi connectivity index (χ0n) is 10.5. The molecule has 2 aromatic rings. The molecule has 0 bridgehead atoms. The maximum atomic E-state index is 6.23. The molecule has 0 saturated heterocycles. The van der Waals surface area contributed by atoms with Crippen molar-refractivity contribution in [2.24, 2.45) is 0 Å². The van der Waals surface area contributed by atoms with Crippen LogP contribution in [-0.4, -0.2) is 9.55 Å². The molecule has 100 valence electrons. The van der Waals surface area contributed by atoms with Crippen LogP contribution in [0.3, 0.4) is 0 Å². The number of ether oxygens (including phenoxy) is 1. The lowest BCUT2D eigenvalue weighted by Gasteiger charge is -2.19. The maximum Gasteiger partial charge on any atom is 0.142 e. The summed E-state index contributed by atoms with van der Waals surface area (Å²) in [5, 5.41) is 1.21. The van der Waals surface area contributed by atoms with Gasteiger partial charge in [-0.3, -0.25) is 0 Å². The van der Waals surface area contributed by atoms with Crippen LogP contribution in [0.15, 0.2) is 49.3 Å². The number of hydrogen-bond donors (Lipinski definition) is 0. The molecule has 0 N–H and O–H groups in total. The van der Waals surface area contributed by atoms with E-state index in [0.717, 1.165) is 5.56 Å². The first-order valence-corrected chi connectivity index (χ1v) is 6.63. The second kappa shape index (κ2) is 6.64. The SMILES string of the molecule is C/C=C/OC(Cn1ccnc1)c1ccc(Cl)cc1Cl. The van der Waals surface area contributed by atoms with Gasteiger partial charge in [-0.1, -0.05) is 35.3 Å². The molecule has 0 aliphatic rings. The first-order chi connectivity index (χ1) is 9.20. The van der Waals surface area contributed by atoms with Crippen LogP contribution in [0.2, 0.25) is 10.0 Å². The fraction of sp³-hybridized carbons (Fsp3) is 0.214. The molecular weight excluding hydrogens is 283 g/mol. The minimum absolute atomic E-state index is 0.185. The Morgan fingerprint density at radius 2 is 2.26 bits per heavy atom. The molecular formula is C14H14Cl2N2O. The molecule has 19 heavy (non-hydrogen) atoms. The third-order valence-electron chi connectivity index (χ3n) is 2.62. The first-order valence-electron chi connectivity index (χ1n) is 5.88. The third kappa shape index (κ3) is 3.75. The number of imidazole rings is 1. The van der Waals surface area contributed by atoms with Crippen LogP contribution < -0.4 is 0 Å². The molecule has 0 saturated carbocycles. The van der Waals surface area contributed by atoms with Crippen molar-refractivity contribution in [1.29, 1.82) is 0 Å². The summed E-state index contributed by atoms with van der Waals surface area (Å²) in [5.41, 5.74) is 0.901. The molecule has 2 rings (SSSR count). The fourth-order valence-electron chi connectivity index (χ4n) is 1.74. The van der Waals surface area contributed by atoms with E-state index in [0.29, 0.717) is 16.6 Å². The predicted molar refractivity (Wildman–Crippen MR) is 77.3 cm³/mol. The van der Waals surface area contributed by atoms with Gasteiger partial charge in [0, 0.05) is 28.0 Å². The molecule has 0 aliphatic carbocycles. The van der Waals surface area contributed by atoms with Gasteiger partial charge in [0.1, 0.15) is 6.10 Å². The Bertz CT molecular complexity index is 553. The van der Waals surface area contributed by atoms with Gasteiger partial charge >= 0.3 is 0 Å². The molecule has 0 radical (unpaired) electrons. The Morgan fingerprint density at radius 3 is 2.89 bits per heavy atom. The smallest absolute Gasteiger partial charge is 0.142 e. The topological polar surface area (TPSA) is 27.1 Å². The van der Waals surface area contributed by atoms with Crippen molar-refractivity contribution in [3.8, 4) is 0 Å². The molecule has 1 aromatic heterocycles. The Hall–Kier alpha value is -1.45. The number of hydrogen-bond acceptors (Lipinski definition) is 2. The number of rotatable bonds is 5. The monoisotopic (exact) mass is 296 g/mol. The van der Waals surface area contributed by atoms with E-state index in [4.69, 9.17) is 27.9 Å². The maximum absolute atomic E-state index is 6.23. The standard InChI is InChI=1S/C14H14Cl2N2O/c1-2-7-19-14(9-18-6-5-17-10-18)12-4-3-11(15)8-13(12)16/h2-8,10,14H,9H2,1H3/b7-2+. The Kier molecular flexibility index (Phi) is 4.88. The zero-order valence-corrected chi connectivity index (χ0v) is 12.0. The average molecular weight is 297 g/mol. The Balaban J connectivity index is 2.25. The number of benzene rings is 1. The summed E-state index contributed by atoms with van der Waals surface area (Å²) in [6.45, 7) is 2.53. The van der Waals surface area contributed by atoms with Gasteiger partial charge < -0.3 is 9.30 Å². The lowest BCUT2D eigenvalue weighted by Crippen LogP contribution is -2.10. The predicted octanol–water partition coefficient (Wildman–Crippen LogP) is 4.48. The lowest BCUT2D eigenvalue weighted by molar-refractivity contribution is 0.127. The molecule has 1 atom stereocenters. The highest BCUT2D eigenvalue weighted by atomic mass is 35.5. The minimum atomic E-state index is -0.185. The van der Waals surface area contributed by atoms with Crippen molar-refractivity contribution in [3.05, 3.63) is 64.9 Å². The number of allylic oxidation sites excluding steroid dienone is 1. The first kappa shape index (κ1) is 14.0. The Morgan fingerprint density at radius 1 is 1.42 bits per heavy atom. The van der Waals surface area contributed by atoms with E-state index >= 15 is 0 Å². The summed E-state index contributed by atoms with van der Waals surface area (Å²) in [5.74, 6) is 0. The van der Waals surface area contributed by atoms with E-state index in [-0.39, 0.29) is 6.10 Å². The second-order valence-corrected chi connectivity index (χ2v) is 4.86. The summed E-state index contributed by atoms with van der Waals surface area (Å²) in [6.07, 6.45) is 8.68. The van der Waals surface area contributed by atoms with Crippen LogP contribution in [0.25, 0.3) is 0 Å². The van der Waals surface area contributed by atoms with Crippen molar-refractivity contribution in [2.45, 2.75) is 19.6 Å². The van der Waals surface area contributed by atoms with Gasteiger partial charge in [0.2, 0.25) is 0 Å². The second-order valence-electron chi connectivity index (χ2n) is 4.02. The summed E-state index contributed by atoms with van der Waals surface area (Å²) in [7, 11) is 0. The highest BCUT2D eigenvalue weighted by molar-refractivity contribution is 6.35. The summed E-state index contributed by atoms with van der Waals surface area (Å²) in [6, 6.07) is 5.41. The highest BCUT2D eigenvalue weighted by Gasteiger charge is 2.16. The van der Waals surface area contributed by atoms with Crippen LogP contribution in [0.1, 0.15) is 18.6 Å². The van der Waals surface area contributed by atoms with Crippen molar-refractivity contribution in [1.82, 2.24) is 9.55 Å². The van der Waals surface area contributed by atoms with Gasteiger partial charge in [-0.25, -0.2) is 4.98 Å². The third-order valence-corrected chi connectivity index (χ3v) is 3.19. The quantitative estimate of drug-likeness (QED) is 0.761. The van der Waals surface area contributed by atoms with Crippen molar-refractivity contribution in [3.63, 3.8) is 0 Å². The van der Waals surface area contributed by atoms with Gasteiger partial charge in [-0.2, -0.15) is 0 Å². The highest BCUT2D eigenvalue weighted by Crippen LogP contribution is 2.29. The van der Waals surface area contributed by atoms with E-state index in [1.54, 1.807) is 24.9 Å². The lowest BCUT2D eigenvalue weighted by atomic mass is 10.1. The van der Waals surface area contributed by atoms with Crippen LogP contribution in [-0.2, 0) is 11.3 Å². The zero-order chi connectivity index (χ0) is 13.7. The molecule has 0 amide bonds. The van der Waals surface area contributed by atoms with Crippen molar-refractivity contribution >= 4 is 23.2 Å². The van der Waals surface area contributed by atoms with Gasteiger partial charge in [0.15, 0.2) is 0 Å². The molecule has 3 nitrogen and oxygen atoms in total. The van der Waals surface area contributed by atoms with Crippen LogP contribution in [0.4, 0.5) is 0 Å². The average Bonchev–Trinajstić information content (AvgIpc) is 2.88. The largest absolute Gasteiger partial charge is 0.492 e. The molecule has 1 heterocycles. The van der Waals surface area contributed by atoms with Crippen LogP contribution in [0.5, 0.6) is 0 Å². The number of halogens is 2. The minimum Gasteiger partial charge on any atom is -0.492 e. The number of aromatic nitrogens is 2. The Labute approximate surface area is 122 Å². The van der Waals surface area contributed by atoms with Crippen LogP contribution >= 0.6 is 23.2 Å². The molecule has 0 fully saturated rings. The van der Waals surface area contributed by atoms with Crippen molar-refractivity contribution < 1.29 is 4.74 Å². The van der Waals surface area contributed by atoms with E-state index in [1.807, 2.05) is 35.9 Å². The van der Waals surface area contributed by atoms with Gasteiger partial charge in [0.25, 0.3) is 0 Å². The van der Waals surface area contributed by atoms with Gasteiger partial charge in [0.05, 0.1) is 19.1 Å². The molecule has 0 aliphatic heterocycles. The molecule has 5 heteroatoms. The number of nitrogens with zero attached hydrogens (tertiary/aromatic N) is 2.